The maximum atomic E-state index is 12.6. The number of piperazine rings is 1. The lowest BCUT2D eigenvalue weighted by atomic mass is 10.2. The van der Waals surface area contributed by atoms with E-state index in [4.69, 9.17) is 5.73 Å². The largest absolute Gasteiger partial charge is 0.382 e. The molecule has 0 saturated carbocycles. The second kappa shape index (κ2) is 6.62. The molecule has 6 nitrogen and oxygen atoms in total. The van der Waals surface area contributed by atoms with Crippen molar-refractivity contribution in [1.82, 2.24) is 14.8 Å². The summed E-state index contributed by atoms with van der Waals surface area (Å²) in [7, 11) is 4.07. The Labute approximate surface area is 130 Å². The van der Waals surface area contributed by atoms with Crippen LogP contribution in [0.15, 0.2) is 0 Å². The summed E-state index contributed by atoms with van der Waals surface area (Å²) in [6.45, 7) is 7.55. The number of carbonyl (C=O) groups is 1. The van der Waals surface area contributed by atoms with Gasteiger partial charge in [-0.1, -0.05) is 18.3 Å². The number of nitrogens with zero attached hydrogens (tertiary/aromatic N) is 4. The average molecular weight is 311 g/mol. The average Bonchev–Trinajstić information content (AvgIpc) is 2.83. The van der Waals surface area contributed by atoms with Crippen LogP contribution in [0.25, 0.3) is 0 Å². The third-order valence-electron chi connectivity index (χ3n) is 3.97. The van der Waals surface area contributed by atoms with Crippen molar-refractivity contribution >= 4 is 28.2 Å². The molecule has 0 aliphatic carbocycles. The molecule has 1 aromatic heterocycles. The van der Waals surface area contributed by atoms with Gasteiger partial charge in [-0.3, -0.25) is 4.79 Å². The van der Waals surface area contributed by atoms with Crippen molar-refractivity contribution in [2.45, 2.75) is 26.3 Å². The van der Waals surface area contributed by atoms with E-state index in [1.54, 1.807) is 0 Å². The number of likely N-dealkylation sites (N-methyl/N-ethyl adjacent to an activating group) is 1. The molecular weight excluding hydrogens is 286 g/mol. The van der Waals surface area contributed by atoms with E-state index in [0.717, 1.165) is 37.7 Å². The number of nitrogens with two attached hydrogens (primary N) is 1. The van der Waals surface area contributed by atoms with Gasteiger partial charge in [-0.2, -0.15) is 0 Å². The Bertz CT molecular complexity index is 504. The molecule has 1 amide bonds. The van der Waals surface area contributed by atoms with Crippen molar-refractivity contribution in [3.05, 3.63) is 4.88 Å². The van der Waals surface area contributed by atoms with Crippen molar-refractivity contribution in [2.75, 3.05) is 50.9 Å². The van der Waals surface area contributed by atoms with Gasteiger partial charge in [-0.15, -0.1) is 0 Å². The van der Waals surface area contributed by atoms with Gasteiger partial charge in [0.25, 0.3) is 5.91 Å². The van der Waals surface area contributed by atoms with Gasteiger partial charge in [0.05, 0.1) is 0 Å². The summed E-state index contributed by atoms with van der Waals surface area (Å²) in [6.07, 6.45) is 1.04. The van der Waals surface area contributed by atoms with E-state index in [2.05, 4.69) is 30.8 Å². The first kappa shape index (κ1) is 16.0. The third-order valence-corrected chi connectivity index (χ3v) is 5.14. The van der Waals surface area contributed by atoms with Crippen LogP contribution in [-0.2, 0) is 0 Å². The van der Waals surface area contributed by atoms with E-state index < -0.39 is 0 Å². The van der Waals surface area contributed by atoms with Gasteiger partial charge >= 0.3 is 0 Å². The van der Waals surface area contributed by atoms with E-state index >= 15 is 0 Å². The lowest BCUT2D eigenvalue weighted by Gasteiger charge is -2.37. The van der Waals surface area contributed by atoms with E-state index in [1.807, 2.05) is 16.8 Å². The van der Waals surface area contributed by atoms with Crippen molar-refractivity contribution in [1.29, 1.82) is 0 Å². The maximum Gasteiger partial charge on any atom is 0.267 e. The molecule has 2 heterocycles. The van der Waals surface area contributed by atoms with Crippen LogP contribution >= 0.6 is 11.3 Å². The number of hydrogen-bond acceptors (Lipinski definition) is 6. The van der Waals surface area contributed by atoms with Gasteiger partial charge in [-0.25, -0.2) is 4.98 Å². The highest BCUT2D eigenvalue weighted by Gasteiger charge is 2.28. The molecule has 1 fully saturated rings. The summed E-state index contributed by atoms with van der Waals surface area (Å²) in [5.41, 5.74) is 5.96. The lowest BCUT2D eigenvalue weighted by molar-refractivity contribution is 0.0578. The highest BCUT2D eigenvalue weighted by Crippen LogP contribution is 2.29. The fourth-order valence-electron chi connectivity index (χ4n) is 2.44. The number of hydrogen-bond donors (Lipinski definition) is 1. The van der Waals surface area contributed by atoms with Crippen LogP contribution in [0.1, 0.15) is 29.9 Å². The molecule has 0 aromatic carbocycles. The quantitative estimate of drug-likeness (QED) is 0.909. The predicted molar refractivity (Wildman–Crippen MR) is 88.1 cm³/mol. The van der Waals surface area contributed by atoms with Gasteiger partial charge in [0, 0.05) is 39.3 Å². The first-order chi connectivity index (χ1) is 9.93. The van der Waals surface area contributed by atoms with Crippen LogP contribution in [0.2, 0.25) is 0 Å². The minimum atomic E-state index is 0.0149. The third kappa shape index (κ3) is 3.47. The van der Waals surface area contributed by atoms with Gasteiger partial charge in [0.1, 0.15) is 10.7 Å². The standard InChI is InChI=1S/C14H25N5OS/c1-5-6-18(4)14-16-12(15)11(21-14)13(20)19-8-7-17(3)10(2)9-19/h10H,5-9,15H2,1-4H3. The van der Waals surface area contributed by atoms with Crippen LogP contribution in [0.4, 0.5) is 10.9 Å². The Hall–Kier alpha value is -1.34. The monoisotopic (exact) mass is 311 g/mol. The Morgan fingerprint density at radius 2 is 2.24 bits per heavy atom. The van der Waals surface area contributed by atoms with E-state index in [-0.39, 0.29) is 5.91 Å². The normalized spacial score (nSPS) is 19.8. The van der Waals surface area contributed by atoms with Crippen LogP contribution in [-0.4, -0.2) is 67.0 Å². The van der Waals surface area contributed by atoms with E-state index in [9.17, 15) is 4.79 Å². The second-order valence-electron chi connectivity index (χ2n) is 5.71. The predicted octanol–water partition coefficient (Wildman–Crippen LogP) is 1.35. The Kier molecular flexibility index (Phi) is 5.05. The molecule has 2 rings (SSSR count). The minimum absolute atomic E-state index is 0.0149. The molecule has 1 aliphatic rings. The zero-order valence-electron chi connectivity index (χ0n) is 13.3. The molecule has 118 valence electrons. The van der Waals surface area contributed by atoms with Crippen molar-refractivity contribution in [3.8, 4) is 0 Å². The summed E-state index contributed by atoms with van der Waals surface area (Å²) >= 11 is 1.40. The minimum Gasteiger partial charge on any atom is -0.382 e. The molecule has 1 atom stereocenters. The highest BCUT2D eigenvalue weighted by molar-refractivity contribution is 7.18. The highest BCUT2D eigenvalue weighted by atomic mass is 32.1. The molecule has 1 aromatic rings. The number of nitrogen functional groups attached to an aromatic ring is 1. The molecule has 2 N–H and O–H groups in total. The van der Waals surface area contributed by atoms with Crippen LogP contribution < -0.4 is 10.6 Å². The summed E-state index contributed by atoms with van der Waals surface area (Å²) in [5.74, 6) is 0.371. The van der Waals surface area contributed by atoms with Crippen LogP contribution in [0, 0.1) is 0 Å². The molecule has 0 bridgehead atoms. The van der Waals surface area contributed by atoms with Crippen molar-refractivity contribution in [2.24, 2.45) is 0 Å². The SMILES string of the molecule is CCCN(C)c1nc(N)c(C(=O)N2CCN(C)C(C)C2)s1. The molecular formula is C14H25N5OS. The molecule has 0 radical (unpaired) electrons. The Morgan fingerprint density at radius 1 is 1.52 bits per heavy atom. The van der Waals surface area contributed by atoms with Gasteiger partial charge < -0.3 is 20.4 Å². The van der Waals surface area contributed by atoms with Crippen molar-refractivity contribution in [3.63, 3.8) is 0 Å². The number of aromatic nitrogens is 1. The smallest absolute Gasteiger partial charge is 0.267 e. The summed E-state index contributed by atoms with van der Waals surface area (Å²) in [4.78, 5) is 23.8. The second-order valence-corrected chi connectivity index (χ2v) is 6.69. The molecule has 21 heavy (non-hydrogen) atoms. The summed E-state index contributed by atoms with van der Waals surface area (Å²) < 4.78 is 0. The van der Waals surface area contributed by atoms with Crippen molar-refractivity contribution < 1.29 is 4.79 Å². The fraction of sp³-hybridized carbons (Fsp3) is 0.714. The lowest BCUT2D eigenvalue weighted by Crippen LogP contribution is -2.51. The molecule has 1 unspecified atom stereocenters. The Balaban J connectivity index is 2.12. The zero-order valence-corrected chi connectivity index (χ0v) is 14.1. The molecule has 0 spiro atoms. The molecule has 1 aliphatic heterocycles. The zero-order chi connectivity index (χ0) is 15.6. The fourth-order valence-corrected chi connectivity index (χ4v) is 3.38. The van der Waals surface area contributed by atoms with Crippen LogP contribution in [0.3, 0.4) is 0 Å². The number of rotatable bonds is 4. The van der Waals surface area contributed by atoms with Gasteiger partial charge in [-0.05, 0) is 20.4 Å². The topological polar surface area (TPSA) is 65.7 Å². The first-order valence-corrected chi connectivity index (χ1v) is 8.22. The van der Waals surface area contributed by atoms with E-state index in [1.165, 1.54) is 11.3 Å². The van der Waals surface area contributed by atoms with Gasteiger partial charge in [0.15, 0.2) is 5.13 Å². The number of amides is 1. The summed E-state index contributed by atoms with van der Waals surface area (Å²) in [5, 5.41) is 0.819. The number of anilines is 2. The molecule has 1 saturated heterocycles. The van der Waals surface area contributed by atoms with Crippen LogP contribution in [0.5, 0.6) is 0 Å². The van der Waals surface area contributed by atoms with Gasteiger partial charge in [0.2, 0.25) is 0 Å². The number of carbonyl (C=O) groups excluding carboxylic acids is 1. The summed E-state index contributed by atoms with van der Waals surface area (Å²) in [6, 6.07) is 0.374. The van der Waals surface area contributed by atoms with E-state index in [0.29, 0.717) is 16.7 Å². The maximum absolute atomic E-state index is 12.6. The number of thiazole rings is 1. The first-order valence-electron chi connectivity index (χ1n) is 7.41. The Morgan fingerprint density at radius 3 is 2.86 bits per heavy atom. The molecule has 7 heteroatoms.